The molecule has 0 N–H and O–H groups in total. The van der Waals surface area contributed by atoms with Gasteiger partial charge in [0.1, 0.15) is 0 Å². The molecule has 4 heteroatoms. The molecular weight excluding hydrogens is 604 g/mol. The van der Waals surface area contributed by atoms with Crippen molar-refractivity contribution in [3.8, 4) is 0 Å². The van der Waals surface area contributed by atoms with Crippen LogP contribution in [0.3, 0.4) is 0 Å². The Morgan fingerprint density at radius 1 is 0.406 bits per heavy atom. The fraction of sp³-hybridized carbons (Fsp3) is 1.00. The molecule has 4 saturated carbocycles. The monoisotopic (exact) mass is 657 g/mol. The van der Waals surface area contributed by atoms with Gasteiger partial charge in [-0.3, -0.25) is 0 Å². The third kappa shape index (κ3) is 8.85. The molecule has 0 bridgehead atoms. The van der Waals surface area contributed by atoms with E-state index < -0.39 is 0 Å². The van der Waals surface area contributed by atoms with Crippen LogP contribution in [0, 0.1) is 0 Å². The van der Waals surface area contributed by atoms with Gasteiger partial charge >= 0.3 is 0 Å². The van der Waals surface area contributed by atoms with Gasteiger partial charge in [-0.15, -0.1) is 28.9 Å². The second-order valence-electron chi connectivity index (χ2n) is 11.3. The van der Waals surface area contributed by atoms with Crippen molar-refractivity contribution in [1.82, 2.24) is 0 Å². The molecule has 0 atom stereocenters. The Balaban J connectivity index is 0.00000289. The predicted octanol–water partition coefficient (Wildman–Crippen LogP) is 9.65. The fourth-order valence-corrected chi connectivity index (χ4v) is 15.0. The van der Waals surface area contributed by atoms with Crippen LogP contribution in [0.15, 0.2) is 0 Å². The van der Waals surface area contributed by atoms with E-state index in [-0.39, 0.29) is 35.9 Å². The van der Waals surface area contributed by atoms with Gasteiger partial charge in [0, 0.05) is 20.1 Å². The average molecular weight is 657 g/mol. The van der Waals surface area contributed by atoms with Crippen LogP contribution < -0.4 is 0 Å². The smallest absolute Gasteiger partial charge is 0 e. The molecule has 0 saturated heterocycles. The quantitative estimate of drug-likeness (QED) is 0.164. The first-order valence-corrected chi connectivity index (χ1v) is 17.9. The van der Waals surface area contributed by atoms with E-state index >= 15 is 0 Å². The molecule has 4 fully saturated rings. The Kier molecular flexibility index (Phi) is 14.3. The van der Waals surface area contributed by atoms with Gasteiger partial charge < -0.3 is 5.32 Å². The minimum absolute atomic E-state index is 0. The molecule has 0 spiro atoms. The summed E-state index contributed by atoms with van der Waals surface area (Å²) in [5.41, 5.74) is 4.46. The molecule has 0 amide bonds. The van der Waals surface area contributed by atoms with Crippen molar-refractivity contribution >= 4 is 15.8 Å². The zero-order valence-corrected chi connectivity index (χ0v) is 25.1. The molecule has 4 aliphatic rings. The fourth-order valence-electron chi connectivity index (χ4n) is 7.46. The van der Waals surface area contributed by atoms with Crippen LogP contribution in [0.5, 0.6) is 0 Å². The normalized spacial score (nSPS) is 25.3. The third-order valence-corrected chi connectivity index (χ3v) is 16.5. The van der Waals surface area contributed by atoms with Crippen LogP contribution >= 0.6 is 15.8 Å². The van der Waals surface area contributed by atoms with Gasteiger partial charge in [-0.2, -0.15) is 0 Å². The van der Waals surface area contributed by atoms with Gasteiger partial charge in [-0.05, 0) is 74.0 Å². The van der Waals surface area contributed by atoms with Crippen LogP contribution in [0.1, 0.15) is 128 Å². The summed E-state index contributed by atoms with van der Waals surface area (Å²) >= 11 is 0. The van der Waals surface area contributed by atoms with E-state index in [2.05, 4.69) is 0 Å². The summed E-state index contributed by atoms with van der Waals surface area (Å²) in [7, 11) is 0.517. The van der Waals surface area contributed by atoms with Gasteiger partial charge in [0.25, 0.3) is 0 Å². The molecule has 0 aromatic heterocycles. The molecule has 4 rings (SSSR count). The second-order valence-corrected chi connectivity index (χ2v) is 17.2. The third-order valence-electron chi connectivity index (χ3n) is 9.21. The molecule has 0 aromatic carbocycles. The zero-order chi connectivity index (χ0) is 21.1. The molecule has 32 heavy (non-hydrogen) atoms. The summed E-state index contributed by atoms with van der Waals surface area (Å²) in [5, 5.41) is 5.26. The van der Waals surface area contributed by atoms with E-state index in [0.29, 0.717) is 0 Å². The van der Waals surface area contributed by atoms with E-state index in [0.717, 1.165) is 22.6 Å². The van der Waals surface area contributed by atoms with Crippen LogP contribution in [-0.2, 0) is 20.1 Å². The summed E-state index contributed by atoms with van der Waals surface area (Å²) in [4.78, 5) is 0. The Labute approximate surface area is 217 Å². The van der Waals surface area contributed by atoms with Crippen LogP contribution in [0.2, 0.25) is 0 Å². The van der Waals surface area contributed by atoms with E-state index in [1.54, 1.807) is 51.4 Å². The van der Waals surface area contributed by atoms with Gasteiger partial charge in [0.05, 0.1) is 0 Å². The van der Waals surface area contributed by atoms with Crippen molar-refractivity contribution in [2.45, 2.75) is 151 Å². The van der Waals surface area contributed by atoms with Crippen LogP contribution in [-0.4, -0.2) is 48.0 Å². The molecule has 189 valence electrons. The average Bonchev–Trinajstić information content (AvgIpc) is 2.86. The zero-order valence-electron chi connectivity index (χ0n) is 21.0. The summed E-state index contributed by atoms with van der Waals surface area (Å²) < 4.78 is 0. The maximum atomic E-state index is 5.26. The molecule has 0 aromatic rings. The van der Waals surface area contributed by atoms with Crippen LogP contribution in [0.25, 0.3) is 5.32 Å². The van der Waals surface area contributed by atoms with Gasteiger partial charge in [-0.25, -0.2) is 0 Å². The second kappa shape index (κ2) is 16.3. The van der Waals surface area contributed by atoms with Crippen molar-refractivity contribution in [3.05, 3.63) is 5.32 Å². The molecular formula is C28H52IrNP2-. The molecule has 4 aliphatic carbocycles. The largest absolute Gasteiger partial charge is 0.662 e. The Morgan fingerprint density at radius 3 is 0.906 bits per heavy atom. The van der Waals surface area contributed by atoms with Gasteiger partial charge in [-0.1, -0.05) is 89.4 Å². The van der Waals surface area contributed by atoms with E-state index in [1.807, 2.05) is 0 Å². The first-order valence-electron chi connectivity index (χ1n) is 14.6. The number of rotatable bonds is 10. The van der Waals surface area contributed by atoms with E-state index in [1.165, 1.54) is 102 Å². The van der Waals surface area contributed by atoms with Gasteiger partial charge in [0.2, 0.25) is 0 Å². The minimum atomic E-state index is 0. The summed E-state index contributed by atoms with van der Waals surface area (Å²) in [6.07, 6.45) is 33.8. The minimum Gasteiger partial charge on any atom is -0.662 e. The standard InChI is InChI=1S/C28H52NP2.Ir/c1-5-13-25(14-6-1)30(26-15-7-2-8-16-26)23-21-29-22-24-31(27-17-9-3-10-18-27)28-19-11-4-12-20-28;/h25-28H,1-24H2;/q-1;. The molecule has 0 unspecified atom stereocenters. The molecule has 1 radical (unpaired) electrons. The van der Waals surface area contributed by atoms with E-state index in [9.17, 15) is 0 Å². The van der Waals surface area contributed by atoms with Crippen LogP contribution in [0.4, 0.5) is 0 Å². The SMILES string of the molecule is C1CCC(P(CC[N-]CCP(C2CCCCC2)C2CCCCC2)C2CCCCC2)CC1.[Ir]. The van der Waals surface area contributed by atoms with Crippen molar-refractivity contribution in [1.29, 1.82) is 0 Å². The maximum absolute atomic E-state index is 5.26. The topological polar surface area (TPSA) is 14.1 Å². The molecule has 0 aliphatic heterocycles. The Morgan fingerprint density at radius 2 is 0.656 bits per heavy atom. The van der Waals surface area contributed by atoms with Crippen molar-refractivity contribution in [3.63, 3.8) is 0 Å². The first-order chi connectivity index (χ1) is 15.4. The summed E-state index contributed by atoms with van der Waals surface area (Å²) in [6.45, 7) is 2.44. The molecule has 0 heterocycles. The summed E-state index contributed by atoms with van der Waals surface area (Å²) in [5.74, 6) is 0. The number of nitrogens with zero attached hydrogens (tertiary/aromatic N) is 1. The predicted molar refractivity (Wildman–Crippen MR) is 144 cm³/mol. The summed E-state index contributed by atoms with van der Waals surface area (Å²) in [6, 6.07) is 0. The van der Waals surface area contributed by atoms with E-state index in [4.69, 9.17) is 5.32 Å². The number of hydrogen-bond acceptors (Lipinski definition) is 0. The number of hydrogen-bond donors (Lipinski definition) is 0. The van der Waals surface area contributed by atoms with Crippen molar-refractivity contribution in [2.24, 2.45) is 0 Å². The van der Waals surface area contributed by atoms with Crippen molar-refractivity contribution in [2.75, 3.05) is 25.4 Å². The molecule has 1 nitrogen and oxygen atoms in total. The van der Waals surface area contributed by atoms with Crippen molar-refractivity contribution < 1.29 is 20.1 Å². The maximum Gasteiger partial charge on any atom is 0 e. The Bertz CT molecular complexity index is 388. The van der Waals surface area contributed by atoms with Gasteiger partial charge in [0.15, 0.2) is 0 Å². The first kappa shape index (κ1) is 28.0. The Hall–Kier alpha value is 1.47.